The first-order valence-corrected chi connectivity index (χ1v) is 8.73. The Hall–Kier alpha value is -2.04. The number of benzene rings is 1. The largest absolute Gasteiger partial charge is 0.372 e. The third kappa shape index (κ3) is 5.55. The zero-order chi connectivity index (χ0) is 18.3. The van der Waals surface area contributed by atoms with Crippen LogP contribution in [0.3, 0.4) is 0 Å². The lowest BCUT2D eigenvalue weighted by Crippen LogP contribution is -2.36. The van der Waals surface area contributed by atoms with Crippen LogP contribution in [-0.4, -0.2) is 37.5 Å². The summed E-state index contributed by atoms with van der Waals surface area (Å²) in [5, 5.41) is 2.86. The lowest BCUT2D eigenvalue weighted by Gasteiger charge is -2.26. The van der Waals surface area contributed by atoms with Crippen LogP contribution < -0.4 is 15.1 Å². The van der Waals surface area contributed by atoms with Crippen molar-refractivity contribution in [3.63, 3.8) is 0 Å². The summed E-state index contributed by atoms with van der Waals surface area (Å²) in [6, 6.07) is 6.23. The van der Waals surface area contributed by atoms with Gasteiger partial charge >= 0.3 is 0 Å². The zero-order valence-electron chi connectivity index (χ0n) is 15.8. The lowest BCUT2D eigenvalue weighted by molar-refractivity contribution is -0.121. The molecular formula is C19H31N3O2. The van der Waals surface area contributed by atoms with Gasteiger partial charge in [0.1, 0.15) is 0 Å². The molecule has 1 aromatic rings. The van der Waals surface area contributed by atoms with Gasteiger partial charge in [0.05, 0.1) is 0 Å². The molecule has 0 aromatic heterocycles. The van der Waals surface area contributed by atoms with Crippen LogP contribution in [0.1, 0.15) is 46.6 Å². The molecule has 0 heterocycles. The van der Waals surface area contributed by atoms with Gasteiger partial charge in [0, 0.05) is 50.4 Å². The Balaban J connectivity index is 2.93. The minimum Gasteiger partial charge on any atom is -0.372 e. The first kappa shape index (κ1) is 20.0. The van der Waals surface area contributed by atoms with Crippen molar-refractivity contribution in [3.05, 3.63) is 23.8 Å². The second kappa shape index (κ2) is 9.30. The van der Waals surface area contributed by atoms with Crippen molar-refractivity contribution >= 4 is 23.2 Å². The summed E-state index contributed by atoms with van der Waals surface area (Å²) in [6.45, 7) is 13.9. The number of aryl methyl sites for hydroxylation is 1. The Kier molecular flexibility index (Phi) is 7.75. The van der Waals surface area contributed by atoms with Crippen molar-refractivity contribution in [1.29, 1.82) is 0 Å². The van der Waals surface area contributed by atoms with Crippen LogP contribution in [0.2, 0.25) is 0 Å². The molecule has 0 spiro atoms. The molecule has 24 heavy (non-hydrogen) atoms. The highest BCUT2D eigenvalue weighted by molar-refractivity contribution is 5.93. The van der Waals surface area contributed by atoms with Gasteiger partial charge < -0.3 is 15.1 Å². The van der Waals surface area contributed by atoms with E-state index in [9.17, 15) is 9.59 Å². The Morgan fingerprint density at radius 1 is 1.17 bits per heavy atom. The fraction of sp³-hybridized carbons (Fsp3) is 0.579. The molecule has 0 atom stereocenters. The molecule has 0 aliphatic rings. The monoisotopic (exact) mass is 333 g/mol. The first-order valence-electron chi connectivity index (χ1n) is 8.73. The molecule has 5 nitrogen and oxygen atoms in total. The fourth-order valence-corrected chi connectivity index (χ4v) is 2.78. The molecule has 134 valence electrons. The average Bonchev–Trinajstić information content (AvgIpc) is 2.49. The highest BCUT2D eigenvalue weighted by Crippen LogP contribution is 2.26. The van der Waals surface area contributed by atoms with E-state index in [1.807, 2.05) is 32.9 Å². The maximum atomic E-state index is 12.0. The second-order valence-electron chi connectivity index (χ2n) is 6.29. The number of hydrogen-bond acceptors (Lipinski definition) is 3. The summed E-state index contributed by atoms with van der Waals surface area (Å²) in [7, 11) is 0. The number of carbonyl (C=O) groups excluding carboxylic acids is 2. The summed E-state index contributed by atoms with van der Waals surface area (Å²) < 4.78 is 0. The number of rotatable bonds is 8. The number of hydrogen-bond donors (Lipinski definition) is 1. The van der Waals surface area contributed by atoms with Crippen molar-refractivity contribution in [2.24, 2.45) is 0 Å². The minimum absolute atomic E-state index is 0.0336. The highest BCUT2D eigenvalue weighted by atomic mass is 16.2. The van der Waals surface area contributed by atoms with E-state index in [0.717, 1.165) is 30.0 Å². The van der Waals surface area contributed by atoms with Crippen molar-refractivity contribution in [2.45, 2.75) is 54.0 Å². The average molecular weight is 333 g/mol. The van der Waals surface area contributed by atoms with Gasteiger partial charge in [-0.25, -0.2) is 0 Å². The third-order valence-corrected chi connectivity index (χ3v) is 3.99. The predicted octanol–water partition coefficient (Wildman–Crippen LogP) is 3.11. The van der Waals surface area contributed by atoms with Crippen LogP contribution in [0, 0.1) is 6.92 Å². The highest BCUT2D eigenvalue weighted by Gasteiger charge is 2.16. The van der Waals surface area contributed by atoms with Gasteiger partial charge in [0.15, 0.2) is 0 Å². The van der Waals surface area contributed by atoms with Crippen LogP contribution in [-0.2, 0) is 9.59 Å². The van der Waals surface area contributed by atoms with Gasteiger partial charge in [0.2, 0.25) is 11.8 Å². The van der Waals surface area contributed by atoms with Crippen LogP contribution in [0.15, 0.2) is 18.2 Å². The van der Waals surface area contributed by atoms with Gasteiger partial charge in [-0.15, -0.1) is 0 Å². The van der Waals surface area contributed by atoms with E-state index in [-0.39, 0.29) is 17.9 Å². The Bertz CT molecular complexity index is 566. The number of nitrogens with one attached hydrogen (secondary N) is 1. The summed E-state index contributed by atoms with van der Waals surface area (Å²) >= 11 is 0. The SMILES string of the molecule is CCN(CC)c1ccc(N(CCC(=O)NC(C)C)C(C)=O)c(C)c1. The normalized spacial score (nSPS) is 10.6. The van der Waals surface area contributed by atoms with Crippen molar-refractivity contribution in [2.75, 3.05) is 29.4 Å². The molecule has 0 radical (unpaired) electrons. The molecule has 1 aromatic carbocycles. The van der Waals surface area contributed by atoms with Gasteiger partial charge in [-0.3, -0.25) is 9.59 Å². The summed E-state index contributed by atoms with van der Waals surface area (Å²) in [5.74, 6) is -0.0836. The van der Waals surface area contributed by atoms with Gasteiger partial charge in [0.25, 0.3) is 0 Å². The second-order valence-corrected chi connectivity index (χ2v) is 6.29. The van der Waals surface area contributed by atoms with E-state index in [0.29, 0.717) is 13.0 Å². The Morgan fingerprint density at radius 3 is 2.25 bits per heavy atom. The summed E-state index contributed by atoms with van der Waals surface area (Å²) in [5.41, 5.74) is 3.07. The molecule has 5 heteroatoms. The summed E-state index contributed by atoms with van der Waals surface area (Å²) in [4.78, 5) is 27.9. The molecule has 0 bridgehead atoms. The molecule has 1 N–H and O–H groups in total. The first-order chi connectivity index (χ1) is 11.3. The molecule has 0 aliphatic carbocycles. The number of amides is 2. The standard InChI is InChI=1S/C19H31N3O2/c1-7-21(8-2)17-9-10-18(15(5)13-17)22(16(6)23)12-11-19(24)20-14(3)4/h9-10,13-14H,7-8,11-12H2,1-6H3,(H,20,24). The van der Waals surface area contributed by atoms with Crippen LogP contribution >= 0.6 is 0 Å². The lowest BCUT2D eigenvalue weighted by atomic mass is 10.1. The molecule has 0 aliphatic heterocycles. The zero-order valence-corrected chi connectivity index (χ0v) is 15.8. The van der Waals surface area contributed by atoms with E-state index in [4.69, 9.17) is 0 Å². The molecule has 1 rings (SSSR count). The van der Waals surface area contributed by atoms with Gasteiger partial charge in [-0.05, 0) is 58.4 Å². The Labute approximate surface area is 146 Å². The van der Waals surface area contributed by atoms with Crippen LogP contribution in [0.25, 0.3) is 0 Å². The Morgan fingerprint density at radius 2 is 1.79 bits per heavy atom. The van der Waals surface area contributed by atoms with E-state index in [1.54, 1.807) is 4.90 Å². The third-order valence-electron chi connectivity index (χ3n) is 3.99. The predicted molar refractivity (Wildman–Crippen MR) is 101 cm³/mol. The molecule has 0 fully saturated rings. The van der Waals surface area contributed by atoms with Gasteiger partial charge in [-0.1, -0.05) is 0 Å². The number of carbonyl (C=O) groups is 2. The van der Waals surface area contributed by atoms with E-state index in [1.165, 1.54) is 6.92 Å². The van der Waals surface area contributed by atoms with Gasteiger partial charge in [-0.2, -0.15) is 0 Å². The maximum Gasteiger partial charge on any atom is 0.223 e. The minimum atomic E-state index is -0.0500. The van der Waals surface area contributed by atoms with Crippen molar-refractivity contribution in [3.8, 4) is 0 Å². The summed E-state index contributed by atoms with van der Waals surface area (Å²) in [6.07, 6.45) is 0.301. The van der Waals surface area contributed by atoms with Crippen LogP contribution in [0.5, 0.6) is 0 Å². The molecule has 0 saturated heterocycles. The van der Waals surface area contributed by atoms with E-state index >= 15 is 0 Å². The van der Waals surface area contributed by atoms with Crippen molar-refractivity contribution in [1.82, 2.24) is 5.32 Å². The smallest absolute Gasteiger partial charge is 0.223 e. The van der Waals surface area contributed by atoms with E-state index in [2.05, 4.69) is 30.1 Å². The topological polar surface area (TPSA) is 52.6 Å². The number of nitrogens with zero attached hydrogens (tertiary/aromatic N) is 2. The molecule has 0 saturated carbocycles. The quantitative estimate of drug-likeness (QED) is 0.795. The van der Waals surface area contributed by atoms with Crippen molar-refractivity contribution < 1.29 is 9.59 Å². The fourth-order valence-electron chi connectivity index (χ4n) is 2.78. The maximum absolute atomic E-state index is 12.0. The van der Waals surface area contributed by atoms with Crippen LogP contribution in [0.4, 0.5) is 11.4 Å². The molecule has 0 unspecified atom stereocenters. The molecular weight excluding hydrogens is 302 g/mol. The molecule has 2 amide bonds. The van der Waals surface area contributed by atoms with E-state index < -0.39 is 0 Å². The number of anilines is 2.